The van der Waals surface area contributed by atoms with Crippen LogP contribution in [0.5, 0.6) is 0 Å². The SMILES string of the molecule is CC(C)C1CCCN1C(=O)c1cc(S(=O)(=O)N2CCCCC2)cn1C. The van der Waals surface area contributed by atoms with Crippen LogP contribution in [-0.4, -0.2) is 53.8 Å². The number of nitrogens with zero attached hydrogens (tertiary/aromatic N) is 3. The number of hydrogen-bond acceptors (Lipinski definition) is 3. The highest BCUT2D eigenvalue weighted by Crippen LogP contribution is 2.27. The lowest BCUT2D eigenvalue weighted by atomic mass is 10.0. The molecule has 1 unspecified atom stereocenters. The van der Waals surface area contributed by atoms with Crippen LogP contribution in [0.1, 0.15) is 56.4 Å². The van der Waals surface area contributed by atoms with Gasteiger partial charge in [-0.1, -0.05) is 20.3 Å². The summed E-state index contributed by atoms with van der Waals surface area (Å²) < 4.78 is 28.9. The van der Waals surface area contributed by atoms with Crippen LogP contribution in [0.2, 0.25) is 0 Å². The fourth-order valence-corrected chi connectivity index (χ4v) is 5.62. The highest BCUT2D eigenvalue weighted by atomic mass is 32.2. The zero-order valence-corrected chi connectivity index (χ0v) is 16.3. The predicted molar refractivity (Wildman–Crippen MR) is 96.9 cm³/mol. The summed E-state index contributed by atoms with van der Waals surface area (Å²) in [6.07, 6.45) is 6.50. The van der Waals surface area contributed by atoms with Crippen molar-refractivity contribution in [2.75, 3.05) is 19.6 Å². The van der Waals surface area contributed by atoms with Crippen LogP contribution in [0.15, 0.2) is 17.2 Å². The Kier molecular flexibility index (Phi) is 5.25. The lowest BCUT2D eigenvalue weighted by molar-refractivity contribution is 0.0692. The van der Waals surface area contributed by atoms with Crippen molar-refractivity contribution in [3.05, 3.63) is 18.0 Å². The van der Waals surface area contributed by atoms with Crippen LogP contribution in [-0.2, 0) is 17.1 Å². The van der Waals surface area contributed by atoms with Gasteiger partial charge in [0.15, 0.2) is 0 Å². The molecule has 3 heterocycles. The number of amides is 1. The molecular formula is C18H29N3O3S. The van der Waals surface area contributed by atoms with Crippen molar-refractivity contribution < 1.29 is 13.2 Å². The summed E-state index contributed by atoms with van der Waals surface area (Å²) >= 11 is 0. The van der Waals surface area contributed by atoms with Gasteiger partial charge in [-0.2, -0.15) is 4.31 Å². The molecule has 2 fully saturated rings. The van der Waals surface area contributed by atoms with Crippen LogP contribution in [0.25, 0.3) is 0 Å². The molecule has 0 aromatic carbocycles. The molecule has 0 N–H and O–H groups in total. The largest absolute Gasteiger partial charge is 0.345 e. The summed E-state index contributed by atoms with van der Waals surface area (Å²) in [6, 6.07) is 1.80. The fraction of sp³-hybridized carbons (Fsp3) is 0.722. The second kappa shape index (κ2) is 7.11. The van der Waals surface area contributed by atoms with Crippen molar-refractivity contribution in [1.82, 2.24) is 13.8 Å². The Morgan fingerprint density at radius 2 is 1.80 bits per heavy atom. The molecule has 3 rings (SSSR count). The summed E-state index contributed by atoms with van der Waals surface area (Å²) in [4.78, 5) is 15.1. The minimum atomic E-state index is -3.51. The van der Waals surface area contributed by atoms with Gasteiger partial charge in [-0.25, -0.2) is 8.42 Å². The normalized spacial score (nSPS) is 22.7. The summed E-state index contributed by atoms with van der Waals surface area (Å²) in [7, 11) is -1.76. The Balaban J connectivity index is 1.86. The van der Waals surface area contributed by atoms with Crippen molar-refractivity contribution in [2.24, 2.45) is 13.0 Å². The quantitative estimate of drug-likeness (QED) is 0.821. The van der Waals surface area contributed by atoms with Gasteiger partial charge in [0.25, 0.3) is 5.91 Å². The van der Waals surface area contributed by atoms with E-state index in [0.717, 1.165) is 38.6 Å². The maximum absolute atomic E-state index is 13.0. The molecule has 2 aliphatic rings. The smallest absolute Gasteiger partial charge is 0.270 e. The van der Waals surface area contributed by atoms with Crippen LogP contribution in [0.4, 0.5) is 0 Å². The van der Waals surface area contributed by atoms with E-state index in [1.54, 1.807) is 28.2 Å². The van der Waals surface area contributed by atoms with E-state index in [1.165, 1.54) is 0 Å². The van der Waals surface area contributed by atoms with E-state index < -0.39 is 10.0 Å². The number of sulfonamides is 1. The second-order valence-corrected chi connectivity index (χ2v) is 9.53. The first-order valence-electron chi connectivity index (χ1n) is 9.30. The number of carbonyl (C=O) groups excluding carboxylic acids is 1. The summed E-state index contributed by atoms with van der Waals surface area (Å²) in [5.41, 5.74) is 0.461. The Hall–Kier alpha value is -1.34. The first-order valence-corrected chi connectivity index (χ1v) is 10.7. The molecule has 1 aromatic rings. The van der Waals surface area contributed by atoms with E-state index in [9.17, 15) is 13.2 Å². The molecule has 0 spiro atoms. The molecule has 140 valence electrons. The van der Waals surface area contributed by atoms with Crippen molar-refractivity contribution in [1.29, 1.82) is 0 Å². The lowest BCUT2D eigenvalue weighted by Gasteiger charge is -2.27. The van der Waals surface area contributed by atoms with E-state index >= 15 is 0 Å². The third-order valence-electron chi connectivity index (χ3n) is 5.48. The van der Waals surface area contributed by atoms with Gasteiger partial charge >= 0.3 is 0 Å². The number of piperidine rings is 1. The van der Waals surface area contributed by atoms with Crippen LogP contribution >= 0.6 is 0 Å². The number of aryl methyl sites for hydroxylation is 1. The van der Waals surface area contributed by atoms with Crippen molar-refractivity contribution >= 4 is 15.9 Å². The molecular weight excluding hydrogens is 338 g/mol. The van der Waals surface area contributed by atoms with Crippen molar-refractivity contribution in [2.45, 2.75) is 56.9 Å². The number of aromatic nitrogens is 1. The van der Waals surface area contributed by atoms with Gasteiger partial charge in [-0.3, -0.25) is 4.79 Å². The molecule has 7 heteroatoms. The van der Waals surface area contributed by atoms with Gasteiger partial charge in [0.05, 0.1) is 0 Å². The molecule has 2 saturated heterocycles. The van der Waals surface area contributed by atoms with Crippen molar-refractivity contribution in [3.8, 4) is 0 Å². The predicted octanol–water partition coefficient (Wildman–Crippen LogP) is 2.46. The van der Waals surface area contributed by atoms with Gasteiger partial charge in [0.2, 0.25) is 10.0 Å². The third-order valence-corrected chi connectivity index (χ3v) is 7.35. The molecule has 2 aliphatic heterocycles. The molecule has 1 atom stereocenters. The molecule has 25 heavy (non-hydrogen) atoms. The summed E-state index contributed by atoms with van der Waals surface area (Å²) in [6.45, 7) is 6.16. The molecule has 6 nitrogen and oxygen atoms in total. The Morgan fingerprint density at radius 3 is 2.44 bits per heavy atom. The average Bonchev–Trinajstić information content (AvgIpc) is 3.22. The second-order valence-electron chi connectivity index (χ2n) is 7.59. The molecule has 1 aromatic heterocycles. The maximum Gasteiger partial charge on any atom is 0.270 e. The highest BCUT2D eigenvalue weighted by Gasteiger charge is 2.34. The topological polar surface area (TPSA) is 62.6 Å². The number of hydrogen-bond donors (Lipinski definition) is 0. The first kappa shape index (κ1) is 18.5. The van der Waals surface area contributed by atoms with E-state index in [2.05, 4.69) is 13.8 Å². The van der Waals surface area contributed by atoms with E-state index in [0.29, 0.717) is 24.7 Å². The number of likely N-dealkylation sites (tertiary alicyclic amines) is 1. The first-order chi connectivity index (χ1) is 11.8. The Bertz CT molecular complexity index is 733. The zero-order chi connectivity index (χ0) is 18.2. The third kappa shape index (κ3) is 3.49. The molecule has 0 bridgehead atoms. The van der Waals surface area contributed by atoms with Crippen LogP contribution < -0.4 is 0 Å². The van der Waals surface area contributed by atoms with Gasteiger partial charge in [0, 0.05) is 38.9 Å². The van der Waals surface area contributed by atoms with Gasteiger partial charge in [-0.15, -0.1) is 0 Å². The molecule has 0 saturated carbocycles. The number of rotatable bonds is 4. The average molecular weight is 368 g/mol. The molecule has 0 radical (unpaired) electrons. The van der Waals surface area contributed by atoms with Crippen LogP contribution in [0.3, 0.4) is 0 Å². The lowest BCUT2D eigenvalue weighted by Crippen LogP contribution is -2.39. The Morgan fingerprint density at radius 1 is 1.12 bits per heavy atom. The van der Waals surface area contributed by atoms with Gasteiger partial charge < -0.3 is 9.47 Å². The van der Waals surface area contributed by atoms with Crippen molar-refractivity contribution in [3.63, 3.8) is 0 Å². The minimum absolute atomic E-state index is 0.0567. The fourth-order valence-electron chi connectivity index (χ4n) is 4.03. The Labute approximate surface area is 150 Å². The minimum Gasteiger partial charge on any atom is -0.345 e. The monoisotopic (exact) mass is 367 g/mol. The van der Waals surface area contributed by atoms with E-state index in [1.807, 2.05) is 4.90 Å². The standard InChI is InChI=1S/C18H29N3O3S/c1-14(2)16-8-7-11-21(16)18(22)17-12-15(13-19(17)3)25(23,24)20-9-5-4-6-10-20/h12-14,16H,4-11H2,1-3H3. The van der Waals surface area contributed by atoms with Gasteiger partial charge in [-0.05, 0) is 37.7 Å². The zero-order valence-electron chi connectivity index (χ0n) is 15.4. The van der Waals surface area contributed by atoms with E-state index in [4.69, 9.17) is 0 Å². The maximum atomic E-state index is 13.0. The molecule has 1 amide bonds. The van der Waals surface area contributed by atoms with Gasteiger partial charge in [0.1, 0.15) is 10.6 Å². The summed E-state index contributed by atoms with van der Waals surface area (Å²) in [5.74, 6) is 0.349. The number of carbonyl (C=O) groups is 1. The highest BCUT2D eigenvalue weighted by molar-refractivity contribution is 7.89. The molecule has 0 aliphatic carbocycles. The van der Waals surface area contributed by atoms with E-state index in [-0.39, 0.29) is 16.8 Å². The summed E-state index contributed by atoms with van der Waals surface area (Å²) in [5, 5.41) is 0. The van der Waals surface area contributed by atoms with Crippen LogP contribution in [0, 0.1) is 5.92 Å².